The van der Waals surface area contributed by atoms with Gasteiger partial charge in [-0.2, -0.15) is 0 Å². The summed E-state index contributed by atoms with van der Waals surface area (Å²) < 4.78 is 0. The molecule has 0 radical (unpaired) electrons. The van der Waals surface area contributed by atoms with Crippen molar-refractivity contribution in [3.8, 4) is 0 Å². The van der Waals surface area contributed by atoms with E-state index < -0.39 is 0 Å². The molecule has 0 fully saturated rings. The van der Waals surface area contributed by atoms with Gasteiger partial charge in [0, 0.05) is 10.4 Å². The highest BCUT2D eigenvalue weighted by molar-refractivity contribution is 7.10. The summed E-state index contributed by atoms with van der Waals surface area (Å²) in [5, 5.41) is 2.80. The van der Waals surface area contributed by atoms with Gasteiger partial charge in [0.25, 0.3) is 0 Å². The van der Waals surface area contributed by atoms with Crippen LogP contribution in [-0.2, 0) is 0 Å². The second-order valence-electron chi connectivity index (χ2n) is 3.34. The lowest BCUT2D eigenvalue weighted by Crippen LogP contribution is -1.93. The third-order valence-corrected chi connectivity index (χ3v) is 3.72. The number of allylic oxidation sites excluding steroid dienone is 1. The SMILES string of the molecule is O=C(/C=C/c1cccs1)c1ccc(Cl)c(Cl)c1. The van der Waals surface area contributed by atoms with Crippen molar-refractivity contribution in [2.75, 3.05) is 0 Å². The van der Waals surface area contributed by atoms with E-state index in [0.717, 1.165) is 4.88 Å². The van der Waals surface area contributed by atoms with Crippen molar-refractivity contribution in [3.05, 3.63) is 62.3 Å². The molecule has 0 aliphatic heterocycles. The van der Waals surface area contributed by atoms with Gasteiger partial charge in [-0.15, -0.1) is 11.3 Å². The Kier molecular flexibility index (Phi) is 4.00. The zero-order valence-electron chi connectivity index (χ0n) is 8.69. The highest BCUT2D eigenvalue weighted by Crippen LogP contribution is 2.23. The maximum atomic E-state index is 11.8. The molecular weight excluding hydrogens is 275 g/mol. The zero-order valence-corrected chi connectivity index (χ0v) is 11.0. The minimum Gasteiger partial charge on any atom is -0.289 e. The first-order chi connectivity index (χ1) is 8.16. The van der Waals surface area contributed by atoms with Gasteiger partial charge in [-0.1, -0.05) is 29.3 Å². The van der Waals surface area contributed by atoms with Gasteiger partial charge in [0.2, 0.25) is 0 Å². The molecule has 0 aliphatic rings. The molecule has 0 saturated carbocycles. The van der Waals surface area contributed by atoms with E-state index in [1.54, 1.807) is 35.6 Å². The van der Waals surface area contributed by atoms with Crippen molar-refractivity contribution in [1.82, 2.24) is 0 Å². The highest BCUT2D eigenvalue weighted by Gasteiger charge is 2.04. The van der Waals surface area contributed by atoms with Crippen molar-refractivity contribution in [3.63, 3.8) is 0 Å². The summed E-state index contributed by atoms with van der Waals surface area (Å²) in [6.07, 6.45) is 3.32. The van der Waals surface area contributed by atoms with Gasteiger partial charge in [-0.05, 0) is 41.8 Å². The van der Waals surface area contributed by atoms with Gasteiger partial charge in [0.15, 0.2) is 5.78 Å². The van der Waals surface area contributed by atoms with Crippen LogP contribution >= 0.6 is 34.5 Å². The lowest BCUT2D eigenvalue weighted by Gasteiger charge is -1.98. The zero-order chi connectivity index (χ0) is 12.3. The molecule has 0 aliphatic carbocycles. The summed E-state index contributed by atoms with van der Waals surface area (Å²) in [7, 11) is 0. The Hall–Kier alpha value is -1.09. The summed E-state index contributed by atoms with van der Waals surface area (Å²) in [6.45, 7) is 0. The normalized spacial score (nSPS) is 10.9. The van der Waals surface area contributed by atoms with Crippen LogP contribution in [0.5, 0.6) is 0 Å². The Morgan fingerprint density at radius 3 is 2.65 bits per heavy atom. The molecule has 0 atom stereocenters. The van der Waals surface area contributed by atoms with Crippen LogP contribution in [0.15, 0.2) is 41.8 Å². The molecule has 0 N–H and O–H groups in total. The lowest BCUT2D eigenvalue weighted by atomic mass is 10.1. The average Bonchev–Trinajstić information content (AvgIpc) is 2.82. The second-order valence-corrected chi connectivity index (χ2v) is 5.14. The fraction of sp³-hybridized carbons (Fsp3) is 0. The quantitative estimate of drug-likeness (QED) is 0.575. The summed E-state index contributed by atoms with van der Waals surface area (Å²) >= 11 is 13.2. The number of benzene rings is 1. The molecule has 0 amide bonds. The maximum Gasteiger partial charge on any atom is 0.185 e. The molecule has 1 nitrogen and oxygen atoms in total. The molecule has 4 heteroatoms. The monoisotopic (exact) mass is 282 g/mol. The Morgan fingerprint density at radius 2 is 2.00 bits per heavy atom. The molecule has 0 saturated heterocycles. The van der Waals surface area contributed by atoms with E-state index in [2.05, 4.69) is 0 Å². The summed E-state index contributed by atoms with van der Waals surface area (Å²) in [4.78, 5) is 12.9. The van der Waals surface area contributed by atoms with E-state index in [-0.39, 0.29) is 5.78 Å². The van der Waals surface area contributed by atoms with Crippen molar-refractivity contribution in [2.24, 2.45) is 0 Å². The number of carbonyl (C=O) groups is 1. The molecule has 1 aromatic heterocycles. The largest absolute Gasteiger partial charge is 0.289 e. The molecule has 2 aromatic rings. The van der Waals surface area contributed by atoms with Crippen LogP contribution in [0.1, 0.15) is 15.2 Å². The lowest BCUT2D eigenvalue weighted by molar-refractivity contribution is 0.104. The van der Waals surface area contributed by atoms with Crippen LogP contribution < -0.4 is 0 Å². The van der Waals surface area contributed by atoms with Crippen LogP contribution in [0.3, 0.4) is 0 Å². The number of rotatable bonds is 3. The summed E-state index contributed by atoms with van der Waals surface area (Å²) in [5.74, 6) is -0.0861. The van der Waals surface area contributed by atoms with Gasteiger partial charge in [0.05, 0.1) is 10.0 Å². The number of ketones is 1. The molecule has 86 valence electrons. The van der Waals surface area contributed by atoms with Crippen LogP contribution in [0.4, 0.5) is 0 Å². The topological polar surface area (TPSA) is 17.1 Å². The van der Waals surface area contributed by atoms with E-state index in [0.29, 0.717) is 15.6 Å². The third-order valence-electron chi connectivity index (χ3n) is 2.15. The number of hydrogen-bond acceptors (Lipinski definition) is 2. The van der Waals surface area contributed by atoms with Crippen LogP contribution in [0.2, 0.25) is 10.0 Å². The van der Waals surface area contributed by atoms with E-state index in [1.165, 1.54) is 6.08 Å². The standard InChI is InChI=1S/C13H8Cl2OS/c14-11-5-3-9(8-12(11)15)13(16)6-4-10-2-1-7-17-10/h1-8H/b6-4+. The average molecular weight is 283 g/mol. The molecule has 1 aromatic carbocycles. The molecule has 0 unspecified atom stereocenters. The molecule has 2 rings (SSSR count). The first-order valence-corrected chi connectivity index (χ1v) is 6.51. The number of thiophene rings is 1. The van der Waals surface area contributed by atoms with Crippen molar-refractivity contribution < 1.29 is 4.79 Å². The second kappa shape index (κ2) is 5.50. The smallest absolute Gasteiger partial charge is 0.185 e. The fourth-order valence-corrected chi connectivity index (χ4v) is 2.21. The third kappa shape index (κ3) is 3.19. The summed E-state index contributed by atoms with van der Waals surface area (Å²) in [6, 6.07) is 8.74. The van der Waals surface area contributed by atoms with Crippen molar-refractivity contribution in [2.45, 2.75) is 0 Å². The molecule has 17 heavy (non-hydrogen) atoms. The Morgan fingerprint density at radius 1 is 1.18 bits per heavy atom. The number of halogens is 2. The van der Waals surface area contributed by atoms with Crippen molar-refractivity contribution in [1.29, 1.82) is 0 Å². The molecule has 1 heterocycles. The number of carbonyl (C=O) groups excluding carboxylic acids is 1. The van der Waals surface area contributed by atoms with E-state index >= 15 is 0 Å². The van der Waals surface area contributed by atoms with Gasteiger partial charge in [-0.25, -0.2) is 0 Å². The minimum atomic E-state index is -0.0861. The van der Waals surface area contributed by atoms with Gasteiger partial charge in [-0.3, -0.25) is 4.79 Å². The number of hydrogen-bond donors (Lipinski definition) is 0. The van der Waals surface area contributed by atoms with Gasteiger partial charge in [0.1, 0.15) is 0 Å². The molecular formula is C13H8Cl2OS. The molecule has 0 spiro atoms. The Labute approximate surface area is 113 Å². The first-order valence-electron chi connectivity index (χ1n) is 4.88. The Bertz CT molecular complexity index is 559. The highest BCUT2D eigenvalue weighted by atomic mass is 35.5. The van der Waals surface area contributed by atoms with Gasteiger partial charge >= 0.3 is 0 Å². The minimum absolute atomic E-state index is 0.0861. The molecule has 0 bridgehead atoms. The predicted molar refractivity (Wildman–Crippen MR) is 74.1 cm³/mol. The Balaban J connectivity index is 2.17. The summed E-state index contributed by atoms with van der Waals surface area (Å²) in [5.41, 5.74) is 0.534. The predicted octanol–water partition coefficient (Wildman–Crippen LogP) is 4.95. The first kappa shape index (κ1) is 12.4. The van der Waals surface area contributed by atoms with Crippen LogP contribution in [0.25, 0.3) is 6.08 Å². The fourth-order valence-electron chi connectivity index (χ4n) is 1.29. The maximum absolute atomic E-state index is 11.8. The van der Waals surface area contributed by atoms with E-state index in [4.69, 9.17) is 23.2 Å². The van der Waals surface area contributed by atoms with E-state index in [1.807, 2.05) is 17.5 Å². The van der Waals surface area contributed by atoms with Crippen LogP contribution in [0, 0.1) is 0 Å². The van der Waals surface area contributed by atoms with E-state index in [9.17, 15) is 4.79 Å². The van der Waals surface area contributed by atoms with Crippen molar-refractivity contribution >= 4 is 46.4 Å². The van der Waals surface area contributed by atoms with Gasteiger partial charge < -0.3 is 0 Å². The van der Waals surface area contributed by atoms with Crippen LogP contribution in [-0.4, -0.2) is 5.78 Å².